The Morgan fingerprint density at radius 1 is 0.964 bits per heavy atom. The molecule has 0 unspecified atom stereocenters. The van der Waals surface area contributed by atoms with Crippen molar-refractivity contribution in [2.24, 2.45) is 11.8 Å². The van der Waals surface area contributed by atoms with Gasteiger partial charge < -0.3 is 9.47 Å². The van der Waals surface area contributed by atoms with E-state index in [1.165, 1.54) is 18.7 Å². The molecular weight excluding hydrogens is 367 g/mol. The fourth-order valence-corrected chi connectivity index (χ4v) is 4.52. The molecule has 2 aromatic carbocycles. The molecule has 150 valence electrons. The average Bonchev–Trinajstić information content (AvgIpc) is 2.90. The second-order valence-corrected chi connectivity index (χ2v) is 7.72. The lowest BCUT2D eigenvalue weighted by molar-refractivity contribution is -0.137. The summed E-state index contributed by atoms with van der Waals surface area (Å²) in [6.07, 6.45) is -2.20. The topological polar surface area (TPSA) is 21.7 Å². The van der Waals surface area contributed by atoms with E-state index in [4.69, 9.17) is 9.47 Å². The van der Waals surface area contributed by atoms with Crippen molar-refractivity contribution >= 4 is 0 Å². The normalized spacial score (nSPS) is 24.9. The Morgan fingerprint density at radius 2 is 1.64 bits per heavy atom. The van der Waals surface area contributed by atoms with Gasteiger partial charge in [0, 0.05) is 31.5 Å². The molecule has 2 bridgehead atoms. The van der Waals surface area contributed by atoms with Gasteiger partial charge in [0.25, 0.3) is 0 Å². The lowest BCUT2D eigenvalue weighted by Gasteiger charge is -2.38. The zero-order valence-corrected chi connectivity index (χ0v) is 15.8. The van der Waals surface area contributed by atoms with Crippen molar-refractivity contribution in [1.29, 1.82) is 0 Å². The van der Waals surface area contributed by atoms with Crippen molar-refractivity contribution in [2.75, 3.05) is 20.2 Å². The van der Waals surface area contributed by atoms with Gasteiger partial charge in [0.15, 0.2) is 11.5 Å². The lowest BCUT2D eigenvalue weighted by atomic mass is 9.94. The van der Waals surface area contributed by atoms with Crippen molar-refractivity contribution < 1.29 is 22.6 Å². The molecule has 1 aliphatic carbocycles. The summed E-state index contributed by atoms with van der Waals surface area (Å²) in [6, 6.07) is 13.9. The lowest BCUT2D eigenvalue weighted by Crippen LogP contribution is -2.46. The van der Waals surface area contributed by atoms with Crippen molar-refractivity contribution in [3.8, 4) is 11.5 Å². The smallest absolute Gasteiger partial charge is 0.416 e. The van der Waals surface area contributed by atoms with E-state index in [0.717, 1.165) is 44.6 Å². The van der Waals surface area contributed by atoms with Crippen molar-refractivity contribution in [3.05, 3.63) is 59.7 Å². The van der Waals surface area contributed by atoms with Crippen LogP contribution in [0.25, 0.3) is 0 Å². The zero-order valence-electron chi connectivity index (χ0n) is 15.8. The third-order valence-corrected chi connectivity index (χ3v) is 5.83. The standard InChI is InChI=1S/C22H24F3NO2/c1-27-20-11-18(22(23,24)25)9-10-19(20)28-21-16-7-8-17(21)14-26(13-16)12-15-5-3-2-4-6-15/h2-6,9-11,16-17,21H,7-8,12-14H2,1H3/t16-,17+,21-. The molecule has 2 aromatic rings. The number of likely N-dealkylation sites (tertiary alicyclic amines) is 1. The number of fused-ring (bicyclic) bond motifs is 2. The first-order valence-corrected chi connectivity index (χ1v) is 9.62. The molecule has 0 spiro atoms. The number of nitrogens with zero attached hydrogens (tertiary/aromatic N) is 1. The summed E-state index contributed by atoms with van der Waals surface area (Å²) in [7, 11) is 1.37. The first kappa shape index (κ1) is 19.1. The maximum atomic E-state index is 12.9. The molecule has 1 heterocycles. The van der Waals surface area contributed by atoms with E-state index in [0.29, 0.717) is 17.6 Å². The minimum absolute atomic E-state index is 0.0256. The second-order valence-electron chi connectivity index (χ2n) is 7.72. The van der Waals surface area contributed by atoms with Gasteiger partial charge in [-0.25, -0.2) is 0 Å². The third kappa shape index (κ3) is 3.97. The summed E-state index contributed by atoms with van der Waals surface area (Å²) in [5, 5.41) is 0. The summed E-state index contributed by atoms with van der Waals surface area (Å²) in [5.41, 5.74) is 0.572. The van der Waals surface area contributed by atoms with Crippen LogP contribution >= 0.6 is 0 Å². The SMILES string of the molecule is COc1cc(C(F)(F)F)ccc1O[C@@H]1[C@@H]2CC[C@H]1CN(Cc1ccccc1)C2. The minimum atomic E-state index is -4.40. The van der Waals surface area contributed by atoms with E-state index >= 15 is 0 Å². The van der Waals surface area contributed by atoms with E-state index in [1.54, 1.807) is 0 Å². The van der Waals surface area contributed by atoms with E-state index in [2.05, 4.69) is 29.2 Å². The van der Waals surface area contributed by atoms with Crippen LogP contribution in [-0.2, 0) is 12.7 Å². The highest BCUT2D eigenvalue weighted by atomic mass is 19.4. The van der Waals surface area contributed by atoms with Crippen LogP contribution in [0.2, 0.25) is 0 Å². The van der Waals surface area contributed by atoms with Crippen LogP contribution in [0.4, 0.5) is 13.2 Å². The van der Waals surface area contributed by atoms with E-state index in [-0.39, 0.29) is 11.9 Å². The van der Waals surface area contributed by atoms with E-state index in [9.17, 15) is 13.2 Å². The Bertz CT molecular complexity index is 795. The fraction of sp³-hybridized carbons (Fsp3) is 0.455. The molecule has 28 heavy (non-hydrogen) atoms. The number of ether oxygens (including phenoxy) is 2. The maximum Gasteiger partial charge on any atom is 0.416 e. The molecular formula is C22H24F3NO2. The molecule has 0 aromatic heterocycles. The number of alkyl halides is 3. The van der Waals surface area contributed by atoms with Crippen LogP contribution in [0.3, 0.4) is 0 Å². The number of hydrogen-bond donors (Lipinski definition) is 0. The van der Waals surface area contributed by atoms with E-state index < -0.39 is 11.7 Å². The molecule has 0 amide bonds. The first-order chi connectivity index (χ1) is 13.4. The Balaban J connectivity index is 1.45. The predicted molar refractivity (Wildman–Crippen MR) is 100 cm³/mol. The molecule has 2 fully saturated rings. The van der Waals surface area contributed by atoms with Gasteiger partial charge in [0.1, 0.15) is 6.10 Å². The Hall–Kier alpha value is -2.21. The Kier molecular flexibility index (Phi) is 5.23. The molecule has 4 rings (SSSR count). The summed E-state index contributed by atoms with van der Waals surface area (Å²) >= 11 is 0. The molecule has 3 nitrogen and oxygen atoms in total. The molecule has 0 radical (unpaired) electrons. The quantitative estimate of drug-likeness (QED) is 0.716. The largest absolute Gasteiger partial charge is 0.493 e. The second kappa shape index (κ2) is 7.66. The van der Waals surface area contributed by atoms with Gasteiger partial charge in [-0.2, -0.15) is 13.2 Å². The summed E-state index contributed by atoms with van der Waals surface area (Å²) in [6.45, 7) is 2.81. The van der Waals surface area contributed by atoms with Gasteiger partial charge in [-0.3, -0.25) is 4.90 Å². The monoisotopic (exact) mass is 391 g/mol. The van der Waals surface area contributed by atoms with Crippen LogP contribution in [0, 0.1) is 11.8 Å². The first-order valence-electron chi connectivity index (χ1n) is 9.62. The van der Waals surface area contributed by atoms with Gasteiger partial charge in [-0.15, -0.1) is 0 Å². The Morgan fingerprint density at radius 3 is 2.25 bits per heavy atom. The van der Waals surface area contributed by atoms with E-state index in [1.807, 2.05) is 6.07 Å². The summed E-state index contributed by atoms with van der Waals surface area (Å²) in [4.78, 5) is 2.46. The number of piperidine rings is 1. The summed E-state index contributed by atoms with van der Waals surface area (Å²) < 4.78 is 50.2. The number of methoxy groups -OCH3 is 1. The number of hydrogen-bond acceptors (Lipinski definition) is 3. The van der Waals surface area contributed by atoms with Gasteiger partial charge in [-0.1, -0.05) is 30.3 Å². The van der Waals surface area contributed by atoms with Crippen LogP contribution in [-0.4, -0.2) is 31.2 Å². The molecule has 3 atom stereocenters. The highest BCUT2D eigenvalue weighted by Gasteiger charge is 2.44. The molecule has 1 saturated carbocycles. The Labute approximate surface area is 163 Å². The molecule has 0 N–H and O–H groups in total. The average molecular weight is 391 g/mol. The van der Waals surface area contributed by atoms with Gasteiger partial charge in [0.05, 0.1) is 12.7 Å². The molecule has 2 aliphatic rings. The van der Waals surface area contributed by atoms with Gasteiger partial charge >= 0.3 is 6.18 Å². The third-order valence-electron chi connectivity index (χ3n) is 5.83. The van der Waals surface area contributed by atoms with Crippen LogP contribution in [0.1, 0.15) is 24.0 Å². The number of halogens is 3. The minimum Gasteiger partial charge on any atom is -0.493 e. The highest BCUT2D eigenvalue weighted by molar-refractivity contribution is 5.44. The van der Waals surface area contributed by atoms with Crippen molar-refractivity contribution in [2.45, 2.75) is 31.7 Å². The van der Waals surface area contributed by atoms with Crippen molar-refractivity contribution in [3.63, 3.8) is 0 Å². The summed E-state index contributed by atoms with van der Waals surface area (Å²) in [5.74, 6) is 1.30. The van der Waals surface area contributed by atoms with Crippen molar-refractivity contribution in [1.82, 2.24) is 4.90 Å². The predicted octanol–water partition coefficient (Wildman–Crippen LogP) is 5.00. The molecule has 6 heteroatoms. The zero-order chi connectivity index (χ0) is 19.7. The van der Waals surface area contributed by atoms with Gasteiger partial charge in [0.2, 0.25) is 0 Å². The fourth-order valence-electron chi connectivity index (χ4n) is 4.52. The number of benzene rings is 2. The highest BCUT2D eigenvalue weighted by Crippen LogP contribution is 2.43. The van der Waals surface area contributed by atoms with Crippen LogP contribution in [0.15, 0.2) is 48.5 Å². The molecule has 1 saturated heterocycles. The van der Waals surface area contributed by atoms with Crippen LogP contribution < -0.4 is 9.47 Å². The number of rotatable bonds is 5. The maximum absolute atomic E-state index is 12.9. The molecule has 1 aliphatic heterocycles. The van der Waals surface area contributed by atoms with Crippen LogP contribution in [0.5, 0.6) is 11.5 Å². The van der Waals surface area contributed by atoms with Gasteiger partial charge in [-0.05, 0) is 36.6 Å².